The van der Waals surface area contributed by atoms with Gasteiger partial charge in [-0.1, -0.05) is 176 Å². The van der Waals surface area contributed by atoms with E-state index in [4.69, 9.17) is 0 Å². The van der Waals surface area contributed by atoms with Gasteiger partial charge < -0.3 is 13.7 Å². The number of hydrogen-bond acceptors (Lipinski definition) is 0. The van der Waals surface area contributed by atoms with Crippen LogP contribution in [0, 0.1) is 0 Å². The summed E-state index contributed by atoms with van der Waals surface area (Å²) >= 11 is 0. The van der Waals surface area contributed by atoms with E-state index >= 15 is 0 Å². The van der Waals surface area contributed by atoms with Crippen LogP contribution < -0.4 is 20.7 Å². The minimum absolute atomic E-state index is 1.14. The summed E-state index contributed by atoms with van der Waals surface area (Å²) in [5.74, 6) is 0. The number of fused-ring (bicyclic) bond motifs is 9. The van der Waals surface area contributed by atoms with E-state index in [-0.39, 0.29) is 0 Å². The average molecular weight is 832 g/mol. The molecule has 0 saturated heterocycles. The molecular formula is C60H41N3Si. The van der Waals surface area contributed by atoms with E-state index in [1.54, 1.807) is 0 Å². The molecule has 13 rings (SSSR count). The molecule has 3 nitrogen and oxygen atoms in total. The number of nitrogens with zero attached hydrogens (tertiary/aromatic N) is 3. The molecule has 0 amide bonds. The van der Waals surface area contributed by atoms with Gasteiger partial charge in [0.1, 0.15) is 0 Å². The van der Waals surface area contributed by atoms with E-state index in [0.717, 1.165) is 11.4 Å². The predicted octanol–water partition coefficient (Wildman–Crippen LogP) is 12.4. The van der Waals surface area contributed by atoms with E-state index in [1.807, 2.05) is 0 Å². The molecule has 0 aliphatic rings. The van der Waals surface area contributed by atoms with Gasteiger partial charge in [-0.2, -0.15) is 0 Å². The van der Waals surface area contributed by atoms with Gasteiger partial charge in [0.2, 0.25) is 0 Å². The lowest BCUT2D eigenvalue weighted by atomic mass is 10.1. The SMILES string of the molecule is c1ccc(-n2c3ccccc3c3cc([Si](c4ccccc4)(c4ccccc4)c4ccc(-n5c6ccccc6c6cc7c(cc65)c5ccccc5n7-c5ccccc5)cc4)ccc32)cc1. The Morgan fingerprint density at radius 3 is 0.969 bits per heavy atom. The van der Waals surface area contributed by atoms with Gasteiger partial charge in [0.15, 0.2) is 8.07 Å². The zero-order valence-electron chi connectivity index (χ0n) is 35.0. The minimum Gasteiger partial charge on any atom is -0.309 e. The van der Waals surface area contributed by atoms with Crippen LogP contribution in [0.1, 0.15) is 0 Å². The summed E-state index contributed by atoms with van der Waals surface area (Å²) in [6.45, 7) is 0. The fourth-order valence-corrected chi connectivity index (χ4v) is 15.6. The molecule has 300 valence electrons. The first-order valence-corrected chi connectivity index (χ1v) is 24.1. The van der Waals surface area contributed by atoms with Gasteiger partial charge >= 0.3 is 0 Å². The molecule has 13 aromatic rings. The molecule has 0 radical (unpaired) electrons. The number of para-hydroxylation sites is 5. The molecule has 0 spiro atoms. The first-order chi connectivity index (χ1) is 31.8. The predicted molar refractivity (Wildman–Crippen MR) is 273 cm³/mol. The van der Waals surface area contributed by atoms with Crippen LogP contribution in [-0.2, 0) is 0 Å². The van der Waals surface area contributed by atoms with Crippen LogP contribution in [0.4, 0.5) is 0 Å². The Labute approximate surface area is 372 Å². The van der Waals surface area contributed by atoms with Crippen LogP contribution in [0.25, 0.3) is 82.5 Å². The van der Waals surface area contributed by atoms with E-state index in [9.17, 15) is 0 Å². The molecular weight excluding hydrogens is 791 g/mol. The monoisotopic (exact) mass is 831 g/mol. The van der Waals surface area contributed by atoms with Crippen molar-refractivity contribution in [3.8, 4) is 17.1 Å². The van der Waals surface area contributed by atoms with E-state index < -0.39 is 8.07 Å². The van der Waals surface area contributed by atoms with Gasteiger partial charge in [-0.3, -0.25) is 0 Å². The lowest BCUT2D eigenvalue weighted by Crippen LogP contribution is -2.74. The van der Waals surface area contributed by atoms with Gasteiger partial charge in [-0.05, 0) is 93.5 Å². The molecule has 0 fully saturated rings. The summed E-state index contributed by atoms with van der Waals surface area (Å²) in [6.07, 6.45) is 0. The second-order valence-electron chi connectivity index (χ2n) is 16.9. The Balaban J connectivity index is 1.05. The van der Waals surface area contributed by atoms with Crippen molar-refractivity contribution in [2.24, 2.45) is 0 Å². The molecule has 3 heterocycles. The van der Waals surface area contributed by atoms with Crippen molar-refractivity contribution in [1.82, 2.24) is 13.7 Å². The number of benzene rings is 10. The number of rotatable bonds is 7. The van der Waals surface area contributed by atoms with E-state index in [0.29, 0.717) is 0 Å². The Morgan fingerprint density at radius 1 is 0.203 bits per heavy atom. The molecule has 0 atom stereocenters. The van der Waals surface area contributed by atoms with Crippen LogP contribution in [0.2, 0.25) is 0 Å². The molecule has 64 heavy (non-hydrogen) atoms. The Kier molecular flexibility index (Phi) is 8.23. The molecule has 0 unspecified atom stereocenters. The lowest BCUT2D eigenvalue weighted by Gasteiger charge is -2.34. The van der Waals surface area contributed by atoms with Crippen molar-refractivity contribution in [3.05, 3.63) is 249 Å². The van der Waals surface area contributed by atoms with Gasteiger partial charge in [0.25, 0.3) is 0 Å². The Bertz CT molecular complexity index is 3830. The van der Waals surface area contributed by atoms with Crippen LogP contribution >= 0.6 is 0 Å². The summed E-state index contributed by atoms with van der Waals surface area (Å²) in [5, 5.41) is 12.9. The Hall–Kier alpha value is -8.18. The first kappa shape index (κ1) is 36.5. The molecule has 0 saturated carbocycles. The summed E-state index contributed by atoms with van der Waals surface area (Å²) < 4.78 is 7.30. The van der Waals surface area contributed by atoms with Gasteiger partial charge in [-0.25, -0.2) is 0 Å². The quantitative estimate of drug-likeness (QED) is 0.112. The molecule has 3 aromatic heterocycles. The number of hydrogen-bond donors (Lipinski definition) is 0. The molecule has 0 N–H and O–H groups in total. The van der Waals surface area contributed by atoms with Crippen molar-refractivity contribution in [1.29, 1.82) is 0 Å². The molecule has 4 heteroatoms. The third kappa shape index (κ3) is 5.33. The molecule has 0 bridgehead atoms. The second-order valence-corrected chi connectivity index (χ2v) is 20.7. The van der Waals surface area contributed by atoms with Crippen LogP contribution in [-0.4, -0.2) is 21.8 Å². The van der Waals surface area contributed by atoms with Crippen LogP contribution in [0.3, 0.4) is 0 Å². The van der Waals surface area contributed by atoms with Crippen molar-refractivity contribution in [2.45, 2.75) is 0 Å². The van der Waals surface area contributed by atoms with Crippen molar-refractivity contribution in [2.75, 3.05) is 0 Å². The standard InChI is InChI=1S/C60H41N3Si/c1-5-19-42(20-6-1)61-55-30-16-13-27-49(55)52-39-48(37-38-58(52)61)64(45-23-9-3-10-24-45,46-25-11-4-12-26-46)47-35-33-44(34-36-47)63-57-32-18-15-29-51(57)54-40-59-53(41-60(54)63)50-28-14-17-31-56(50)62(59)43-21-7-2-8-22-43/h1-41H. The third-order valence-corrected chi connectivity index (χ3v) is 18.3. The normalized spacial score (nSPS) is 12.1. The fraction of sp³-hybridized carbons (Fsp3) is 0. The topological polar surface area (TPSA) is 14.8 Å². The zero-order chi connectivity index (χ0) is 42.2. The highest BCUT2D eigenvalue weighted by molar-refractivity contribution is 7.20. The van der Waals surface area contributed by atoms with Crippen molar-refractivity contribution < 1.29 is 0 Å². The van der Waals surface area contributed by atoms with Crippen molar-refractivity contribution >= 4 is 94.2 Å². The third-order valence-electron chi connectivity index (χ3n) is 13.6. The maximum absolute atomic E-state index is 2.91. The summed E-state index contributed by atoms with van der Waals surface area (Å²) in [7, 11) is -2.91. The number of aromatic nitrogens is 3. The summed E-state index contributed by atoms with van der Waals surface area (Å²) in [5.41, 5.74) is 10.7. The summed E-state index contributed by atoms with van der Waals surface area (Å²) in [6, 6.07) is 92.3. The molecule has 10 aromatic carbocycles. The molecule has 0 aliphatic heterocycles. The zero-order valence-corrected chi connectivity index (χ0v) is 36.0. The van der Waals surface area contributed by atoms with Crippen LogP contribution in [0.5, 0.6) is 0 Å². The largest absolute Gasteiger partial charge is 0.309 e. The minimum atomic E-state index is -2.91. The maximum atomic E-state index is 2.52. The maximum Gasteiger partial charge on any atom is 0.179 e. The molecule has 0 aliphatic carbocycles. The van der Waals surface area contributed by atoms with Crippen LogP contribution in [0.15, 0.2) is 249 Å². The first-order valence-electron chi connectivity index (χ1n) is 22.1. The lowest BCUT2D eigenvalue weighted by molar-refractivity contribution is 1.17. The van der Waals surface area contributed by atoms with Gasteiger partial charge in [-0.15, -0.1) is 0 Å². The average Bonchev–Trinajstić information content (AvgIpc) is 4.00. The van der Waals surface area contributed by atoms with E-state index in [1.165, 1.54) is 91.9 Å². The fourth-order valence-electron chi connectivity index (χ4n) is 10.9. The highest BCUT2D eigenvalue weighted by Gasteiger charge is 2.42. The second kappa shape index (κ2) is 14.5. The highest BCUT2D eigenvalue weighted by Crippen LogP contribution is 2.40. The Morgan fingerprint density at radius 2 is 0.516 bits per heavy atom. The summed E-state index contributed by atoms with van der Waals surface area (Å²) in [4.78, 5) is 0. The smallest absolute Gasteiger partial charge is 0.179 e. The van der Waals surface area contributed by atoms with Crippen molar-refractivity contribution in [3.63, 3.8) is 0 Å². The van der Waals surface area contributed by atoms with Gasteiger partial charge in [0, 0.05) is 49.4 Å². The van der Waals surface area contributed by atoms with Gasteiger partial charge in [0.05, 0.1) is 33.1 Å². The highest BCUT2D eigenvalue weighted by atomic mass is 28.3. The van der Waals surface area contributed by atoms with E-state index in [2.05, 4.69) is 262 Å².